The van der Waals surface area contributed by atoms with Gasteiger partial charge in [0.1, 0.15) is 0 Å². The highest BCUT2D eigenvalue weighted by molar-refractivity contribution is 5.94. The minimum atomic E-state index is -0.0878. The predicted molar refractivity (Wildman–Crippen MR) is 102 cm³/mol. The summed E-state index contributed by atoms with van der Waals surface area (Å²) in [7, 11) is 3.15. The standard InChI is InChI=1S/C20H32N2O4/c1-5-15(6-2)17(22-9-11-26-12-10-22)14-21-20(23)16-7-8-18(24-3)19(13-16)25-4/h7-8,13,15,17H,5-6,9-12,14H2,1-4H3,(H,21,23)/t17-/m1/s1. The van der Waals surface area contributed by atoms with E-state index in [2.05, 4.69) is 24.1 Å². The van der Waals surface area contributed by atoms with Crippen molar-refractivity contribution in [2.24, 2.45) is 5.92 Å². The van der Waals surface area contributed by atoms with E-state index in [9.17, 15) is 4.79 Å². The van der Waals surface area contributed by atoms with Gasteiger partial charge in [-0.3, -0.25) is 9.69 Å². The Morgan fingerprint density at radius 2 is 1.81 bits per heavy atom. The molecule has 1 N–H and O–H groups in total. The fraction of sp³-hybridized carbons (Fsp3) is 0.650. The minimum Gasteiger partial charge on any atom is -0.493 e. The molecule has 1 aromatic carbocycles. The van der Waals surface area contributed by atoms with E-state index >= 15 is 0 Å². The lowest BCUT2D eigenvalue weighted by Gasteiger charge is -2.38. The van der Waals surface area contributed by atoms with E-state index in [4.69, 9.17) is 14.2 Å². The number of methoxy groups -OCH3 is 2. The number of hydrogen-bond acceptors (Lipinski definition) is 5. The monoisotopic (exact) mass is 364 g/mol. The summed E-state index contributed by atoms with van der Waals surface area (Å²) in [5, 5.41) is 3.12. The van der Waals surface area contributed by atoms with Gasteiger partial charge in [0.05, 0.1) is 27.4 Å². The van der Waals surface area contributed by atoms with Crippen LogP contribution in [0.1, 0.15) is 37.0 Å². The number of nitrogens with one attached hydrogen (secondary N) is 1. The second-order valence-corrected chi connectivity index (χ2v) is 6.57. The van der Waals surface area contributed by atoms with Crippen molar-refractivity contribution < 1.29 is 19.0 Å². The highest BCUT2D eigenvalue weighted by Gasteiger charge is 2.27. The third-order valence-corrected chi connectivity index (χ3v) is 5.23. The molecule has 0 unspecified atom stereocenters. The summed E-state index contributed by atoms with van der Waals surface area (Å²) in [6.07, 6.45) is 2.20. The first-order valence-electron chi connectivity index (χ1n) is 9.46. The summed E-state index contributed by atoms with van der Waals surface area (Å²) < 4.78 is 16.0. The summed E-state index contributed by atoms with van der Waals surface area (Å²) in [5.41, 5.74) is 0.577. The highest BCUT2D eigenvalue weighted by atomic mass is 16.5. The van der Waals surface area contributed by atoms with E-state index in [-0.39, 0.29) is 5.91 Å². The van der Waals surface area contributed by atoms with Crippen molar-refractivity contribution in [3.63, 3.8) is 0 Å². The molecule has 0 bridgehead atoms. The van der Waals surface area contributed by atoms with Gasteiger partial charge in [0, 0.05) is 31.2 Å². The molecule has 26 heavy (non-hydrogen) atoms. The van der Waals surface area contributed by atoms with Crippen LogP contribution in [0.2, 0.25) is 0 Å². The zero-order valence-electron chi connectivity index (χ0n) is 16.4. The molecule has 0 aromatic heterocycles. The SMILES string of the molecule is CCC(CC)[C@@H](CNC(=O)c1ccc(OC)c(OC)c1)N1CCOCC1. The third-order valence-electron chi connectivity index (χ3n) is 5.23. The van der Waals surface area contributed by atoms with Crippen LogP contribution in [0, 0.1) is 5.92 Å². The number of hydrogen-bond donors (Lipinski definition) is 1. The molecule has 1 aliphatic rings. The van der Waals surface area contributed by atoms with Crippen molar-refractivity contribution in [3.8, 4) is 11.5 Å². The quantitative estimate of drug-likeness (QED) is 0.730. The van der Waals surface area contributed by atoms with E-state index in [1.165, 1.54) is 0 Å². The second kappa shape index (κ2) is 10.4. The molecule has 0 radical (unpaired) electrons. The lowest BCUT2D eigenvalue weighted by Crippen LogP contribution is -2.52. The van der Waals surface area contributed by atoms with E-state index < -0.39 is 0 Å². The van der Waals surface area contributed by atoms with E-state index in [0.717, 1.165) is 39.1 Å². The van der Waals surface area contributed by atoms with Crippen LogP contribution in [0.3, 0.4) is 0 Å². The van der Waals surface area contributed by atoms with Gasteiger partial charge >= 0.3 is 0 Å². The maximum atomic E-state index is 12.6. The Balaban J connectivity index is 2.05. The van der Waals surface area contributed by atoms with Crippen LogP contribution in [-0.2, 0) is 4.74 Å². The zero-order chi connectivity index (χ0) is 18.9. The second-order valence-electron chi connectivity index (χ2n) is 6.57. The number of amides is 1. The van der Waals surface area contributed by atoms with Crippen molar-refractivity contribution >= 4 is 5.91 Å². The minimum absolute atomic E-state index is 0.0878. The molecular weight excluding hydrogens is 332 g/mol. The molecule has 1 saturated heterocycles. The van der Waals surface area contributed by atoms with Crippen LogP contribution in [0.4, 0.5) is 0 Å². The molecule has 1 aliphatic heterocycles. The molecule has 1 heterocycles. The molecule has 0 spiro atoms. The molecule has 146 valence electrons. The van der Waals surface area contributed by atoms with Crippen molar-refractivity contribution in [2.75, 3.05) is 47.1 Å². The summed E-state index contributed by atoms with van der Waals surface area (Å²) in [6, 6.07) is 5.57. The fourth-order valence-electron chi connectivity index (χ4n) is 3.61. The van der Waals surface area contributed by atoms with Crippen LogP contribution in [0.5, 0.6) is 11.5 Å². The number of ether oxygens (including phenoxy) is 3. The maximum absolute atomic E-state index is 12.6. The van der Waals surface area contributed by atoms with Gasteiger partial charge in [0.2, 0.25) is 0 Å². The van der Waals surface area contributed by atoms with Crippen LogP contribution in [-0.4, -0.2) is 63.9 Å². The topological polar surface area (TPSA) is 60.0 Å². The van der Waals surface area contributed by atoms with Gasteiger partial charge in [-0.15, -0.1) is 0 Å². The predicted octanol–water partition coefficient (Wildman–Crippen LogP) is 2.57. The highest BCUT2D eigenvalue weighted by Crippen LogP contribution is 2.27. The number of rotatable bonds is 9. The first-order valence-corrected chi connectivity index (χ1v) is 9.46. The molecule has 0 saturated carbocycles. The molecule has 2 rings (SSSR count). The van der Waals surface area contributed by atoms with Crippen LogP contribution >= 0.6 is 0 Å². The molecule has 1 fully saturated rings. The fourth-order valence-corrected chi connectivity index (χ4v) is 3.61. The zero-order valence-corrected chi connectivity index (χ0v) is 16.4. The van der Waals surface area contributed by atoms with Gasteiger partial charge in [-0.05, 0) is 24.1 Å². The van der Waals surface area contributed by atoms with Gasteiger partial charge in [0.15, 0.2) is 11.5 Å². The molecule has 6 nitrogen and oxygen atoms in total. The molecule has 1 amide bonds. The molecule has 1 atom stereocenters. The average Bonchev–Trinajstić information content (AvgIpc) is 2.70. The molecule has 6 heteroatoms. The number of morpholine rings is 1. The molecule has 0 aliphatic carbocycles. The average molecular weight is 364 g/mol. The number of carbonyl (C=O) groups excluding carboxylic acids is 1. The van der Waals surface area contributed by atoms with E-state index in [0.29, 0.717) is 35.6 Å². The number of benzene rings is 1. The Morgan fingerprint density at radius 1 is 1.15 bits per heavy atom. The number of nitrogens with zero attached hydrogens (tertiary/aromatic N) is 1. The van der Waals surface area contributed by atoms with Crippen LogP contribution in [0.15, 0.2) is 18.2 Å². The number of carbonyl (C=O) groups is 1. The Labute approximate surface area is 156 Å². The van der Waals surface area contributed by atoms with E-state index in [1.807, 2.05) is 0 Å². The molecular formula is C20H32N2O4. The largest absolute Gasteiger partial charge is 0.493 e. The third kappa shape index (κ3) is 5.11. The lowest BCUT2D eigenvalue weighted by molar-refractivity contribution is 0.00191. The first-order chi connectivity index (χ1) is 12.6. The van der Waals surface area contributed by atoms with Gasteiger partial charge in [0.25, 0.3) is 5.91 Å². The summed E-state index contributed by atoms with van der Waals surface area (Å²) >= 11 is 0. The van der Waals surface area contributed by atoms with Crippen LogP contribution < -0.4 is 14.8 Å². The van der Waals surface area contributed by atoms with Gasteiger partial charge in [-0.2, -0.15) is 0 Å². The van der Waals surface area contributed by atoms with Crippen molar-refractivity contribution in [3.05, 3.63) is 23.8 Å². The van der Waals surface area contributed by atoms with Gasteiger partial charge in [-0.1, -0.05) is 26.7 Å². The van der Waals surface area contributed by atoms with E-state index in [1.54, 1.807) is 32.4 Å². The Bertz CT molecular complexity index is 569. The van der Waals surface area contributed by atoms with Gasteiger partial charge in [-0.25, -0.2) is 0 Å². The smallest absolute Gasteiger partial charge is 0.251 e. The normalized spacial score (nSPS) is 16.3. The Morgan fingerprint density at radius 3 is 2.38 bits per heavy atom. The van der Waals surface area contributed by atoms with Crippen molar-refractivity contribution in [1.29, 1.82) is 0 Å². The Kier molecular flexibility index (Phi) is 8.19. The van der Waals surface area contributed by atoms with Crippen molar-refractivity contribution in [2.45, 2.75) is 32.7 Å². The first kappa shape index (κ1) is 20.5. The maximum Gasteiger partial charge on any atom is 0.251 e. The Hall–Kier alpha value is -1.79. The van der Waals surface area contributed by atoms with Gasteiger partial charge < -0.3 is 19.5 Å². The summed E-state index contributed by atoms with van der Waals surface area (Å²) in [6.45, 7) is 8.45. The van der Waals surface area contributed by atoms with Crippen molar-refractivity contribution in [1.82, 2.24) is 10.2 Å². The molecule has 1 aromatic rings. The lowest BCUT2D eigenvalue weighted by atomic mass is 9.92. The van der Waals surface area contributed by atoms with Crippen LogP contribution in [0.25, 0.3) is 0 Å². The summed E-state index contributed by atoms with van der Waals surface area (Å²) in [5.74, 6) is 1.64. The summed E-state index contributed by atoms with van der Waals surface area (Å²) in [4.78, 5) is 15.1.